The van der Waals surface area contributed by atoms with E-state index in [9.17, 15) is 14.7 Å². The van der Waals surface area contributed by atoms with Crippen molar-refractivity contribution >= 4 is 12.0 Å². The molecule has 2 rings (SSSR count). The third-order valence-corrected chi connectivity index (χ3v) is 4.84. The number of carboxylic acids is 1. The van der Waals surface area contributed by atoms with Crippen LogP contribution in [0.2, 0.25) is 0 Å². The summed E-state index contributed by atoms with van der Waals surface area (Å²) in [6, 6.07) is 0.0114. The van der Waals surface area contributed by atoms with E-state index in [1.54, 1.807) is 4.90 Å². The topological polar surface area (TPSA) is 64.1 Å². The van der Waals surface area contributed by atoms with E-state index in [1.807, 2.05) is 11.8 Å². The van der Waals surface area contributed by atoms with Gasteiger partial charge in [-0.15, -0.1) is 0 Å². The van der Waals surface area contributed by atoms with Crippen LogP contribution in [0.15, 0.2) is 0 Å². The van der Waals surface area contributed by atoms with E-state index >= 15 is 0 Å². The van der Waals surface area contributed by atoms with Crippen molar-refractivity contribution in [1.82, 2.24) is 14.7 Å². The number of carbonyl (C=O) groups is 2. The number of piperazine rings is 1. The molecule has 2 saturated heterocycles. The molecule has 114 valence electrons. The van der Waals surface area contributed by atoms with Crippen LogP contribution in [-0.4, -0.2) is 77.6 Å². The van der Waals surface area contributed by atoms with E-state index in [4.69, 9.17) is 0 Å². The van der Waals surface area contributed by atoms with Crippen molar-refractivity contribution in [1.29, 1.82) is 0 Å². The van der Waals surface area contributed by atoms with Gasteiger partial charge in [-0.25, -0.2) is 4.79 Å². The number of nitrogens with zero attached hydrogens (tertiary/aromatic N) is 3. The van der Waals surface area contributed by atoms with E-state index in [2.05, 4.69) is 11.8 Å². The van der Waals surface area contributed by atoms with Crippen LogP contribution in [0.5, 0.6) is 0 Å². The normalized spacial score (nSPS) is 27.9. The molecule has 0 bridgehead atoms. The van der Waals surface area contributed by atoms with Crippen LogP contribution in [0.3, 0.4) is 0 Å². The van der Waals surface area contributed by atoms with Gasteiger partial charge in [0.15, 0.2) is 0 Å². The zero-order valence-corrected chi connectivity index (χ0v) is 12.5. The molecule has 0 spiro atoms. The lowest BCUT2D eigenvalue weighted by atomic mass is 9.84. The number of urea groups is 1. The molecule has 0 radical (unpaired) electrons. The molecule has 2 heterocycles. The second-order valence-corrected chi connectivity index (χ2v) is 5.81. The van der Waals surface area contributed by atoms with Gasteiger partial charge in [-0.2, -0.15) is 0 Å². The number of hydrogen-bond donors (Lipinski definition) is 1. The number of carbonyl (C=O) groups excluding carboxylic acids is 1. The average Bonchev–Trinajstić information content (AvgIpc) is 2.92. The number of aliphatic carboxylic acids is 1. The molecule has 0 aliphatic carbocycles. The molecule has 1 atom stereocenters. The summed E-state index contributed by atoms with van der Waals surface area (Å²) < 4.78 is 0. The van der Waals surface area contributed by atoms with Crippen LogP contribution < -0.4 is 0 Å². The standard InChI is InChI=1S/C14H25N3O3/c1-3-14(12(18)19)5-6-17(11-14)13(20)16-9-7-15(4-2)8-10-16/h3-11H2,1-2H3,(H,18,19). The fourth-order valence-electron chi connectivity index (χ4n) is 3.11. The highest BCUT2D eigenvalue weighted by Crippen LogP contribution is 2.34. The summed E-state index contributed by atoms with van der Waals surface area (Å²) in [6.07, 6.45) is 1.15. The number of amides is 2. The Hall–Kier alpha value is -1.30. The maximum atomic E-state index is 12.5. The molecule has 6 nitrogen and oxygen atoms in total. The average molecular weight is 283 g/mol. The molecule has 20 heavy (non-hydrogen) atoms. The molecular weight excluding hydrogens is 258 g/mol. The highest BCUT2D eigenvalue weighted by molar-refractivity contribution is 5.79. The quantitative estimate of drug-likeness (QED) is 0.837. The predicted octanol–water partition coefficient (Wildman–Crippen LogP) is 0.931. The van der Waals surface area contributed by atoms with Crippen molar-refractivity contribution in [3.8, 4) is 0 Å². The minimum absolute atomic E-state index is 0.0114. The lowest BCUT2D eigenvalue weighted by Gasteiger charge is -2.36. The van der Waals surface area contributed by atoms with E-state index in [-0.39, 0.29) is 6.03 Å². The second-order valence-electron chi connectivity index (χ2n) is 5.81. The van der Waals surface area contributed by atoms with Gasteiger partial charge in [-0.3, -0.25) is 4.79 Å². The van der Waals surface area contributed by atoms with Gasteiger partial charge in [0.2, 0.25) is 0 Å². The van der Waals surface area contributed by atoms with Crippen molar-refractivity contribution in [2.75, 3.05) is 45.8 Å². The largest absolute Gasteiger partial charge is 0.481 e. The molecule has 2 aliphatic rings. The van der Waals surface area contributed by atoms with E-state index in [0.29, 0.717) is 25.9 Å². The third-order valence-electron chi connectivity index (χ3n) is 4.84. The molecule has 0 aromatic rings. The molecular formula is C14H25N3O3. The van der Waals surface area contributed by atoms with Crippen molar-refractivity contribution in [2.45, 2.75) is 26.7 Å². The Balaban J connectivity index is 1.93. The first kappa shape index (κ1) is 15.1. The van der Waals surface area contributed by atoms with Gasteiger partial charge in [0.1, 0.15) is 0 Å². The summed E-state index contributed by atoms with van der Waals surface area (Å²) in [6.45, 7) is 9.26. The van der Waals surface area contributed by atoms with Gasteiger partial charge in [0, 0.05) is 39.3 Å². The highest BCUT2D eigenvalue weighted by atomic mass is 16.4. The van der Waals surface area contributed by atoms with Crippen LogP contribution in [0, 0.1) is 5.41 Å². The summed E-state index contributed by atoms with van der Waals surface area (Å²) in [5.74, 6) is -0.772. The van der Waals surface area contributed by atoms with Crippen LogP contribution >= 0.6 is 0 Å². The molecule has 1 unspecified atom stereocenters. The first-order valence-corrected chi connectivity index (χ1v) is 7.52. The summed E-state index contributed by atoms with van der Waals surface area (Å²) in [7, 11) is 0. The molecule has 6 heteroatoms. The van der Waals surface area contributed by atoms with Crippen molar-refractivity contribution in [3.05, 3.63) is 0 Å². The Labute approximate surface area is 120 Å². The SMILES string of the molecule is CCN1CCN(C(=O)N2CCC(CC)(C(=O)O)C2)CC1. The lowest BCUT2D eigenvalue weighted by molar-refractivity contribution is -0.148. The summed E-state index contributed by atoms with van der Waals surface area (Å²) in [5.41, 5.74) is -0.735. The Kier molecular flexibility index (Phi) is 4.52. The fourth-order valence-corrected chi connectivity index (χ4v) is 3.11. The first-order chi connectivity index (χ1) is 9.52. The number of carboxylic acid groups (broad SMARTS) is 1. The molecule has 0 saturated carbocycles. The van der Waals surface area contributed by atoms with Gasteiger partial charge < -0.3 is 19.8 Å². The maximum Gasteiger partial charge on any atom is 0.320 e. The van der Waals surface area contributed by atoms with Gasteiger partial charge >= 0.3 is 12.0 Å². The molecule has 0 aromatic heterocycles. The molecule has 2 amide bonds. The number of hydrogen-bond acceptors (Lipinski definition) is 3. The lowest BCUT2D eigenvalue weighted by Crippen LogP contribution is -2.52. The summed E-state index contributed by atoms with van der Waals surface area (Å²) in [5, 5.41) is 9.38. The second kappa shape index (κ2) is 5.99. The summed E-state index contributed by atoms with van der Waals surface area (Å²) >= 11 is 0. The van der Waals surface area contributed by atoms with Crippen LogP contribution in [0.1, 0.15) is 26.7 Å². The molecule has 0 aromatic carbocycles. The van der Waals surface area contributed by atoms with E-state index in [0.717, 1.165) is 32.7 Å². The Morgan fingerprint density at radius 2 is 1.70 bits per heavy atom. The van der Waals surface area contributed by atoms with Crippen molar-refractivity contribution < 1.29 is 14.7 Å². The third kappa shape index (κ3) is 2.75. The Morgan fingerprint density at radius 1 is 1.05 bits per heavy atom. The van der Waals surface area contributed by atoms with Gasteiger partial charge in [-0.1, -0.05) is 13.8 Å². The van der Waals surface area contributed by atoms with E-state index in [1.165, 1.54) is 0 Å². The first-order valence-electron chi connectivity index (χ1n) is 7.52. The fraction of sp³-hybridized carbons (Fsp3) is 0.857. The van der Waals surface area contributed by atoms with Crippen LogP contribution in [0.25, 0.3) is 0 Å². The Bertz CT molecular complexity index is 380. The zero-order valence-electron chi connectivity index (χ0n) is 12.5. The maximum absolute atomic E-state index is 12.5. The Morgan fingerprint density at radius 3 is 2.15 bits per heavy atom. The zero-order chi connectivity index (χ0) is 14.8. The van der Waals surface area contributed by atoms with Crippen LogP contribution in [-0.2, 0) is 4.79 Å². The van der Waals surface area contributed by atoms with Gasteiger partial charge in [0.25, 0.3) is 0 Å². The van der Waals surface area contributed by atoms with Crippen LogP contribution in [0.4, 0.5) is 4.79 Å². The predicted molar refractivity (Wildman–Crippen MR) is 75.6 cm³/mol. The molecule has 2 aliphatic heterocycles. The minimum Gasteiger partial charge on any atom is -0.481 e. The number of likely N-dealkylation sites (N-methyl/N-ethyl adjacent to an activating group) is 1. The van der Waals surface area contributed by atoms with Gasteiger partial charge in [-0.05, 0) is 19.4 Å². The molecule has 2 fully saturated rings. The van der Waals surface area contributed by atoms with Gasteiger partial charge in [0.05, 0.1) is 5.41 Å². The molecule has 1 N–H and O–H groups in total. The minimum atomic E-state index is -0.772. The van der Waals surface area contributed by atoms with Crippen molar-refractivity contribution in [3.63, 3.8) is 0 Å². The highest BCUT2D eigenvalue weighted by Gasteiger charge is 2.45. The summed E-state index contributed by atoms with van der Waals surface area (Å²) in [4.78, 5) is 29.8. The monoisotopic (exact) mass is 283 g/mol. The number of likely N-dealkylation sites (tertiary alicyclic amines) is 1. The van der Waals surface area contributed by atoms with Crippen molar-refractivity contribution in [2.24, 2.45) is 5.41 Å². The van der Waals surface area contributed by atoms with E-state index < -0.39 is 11.4 Å². The smallest absolute Gasteiger partial charge is 0.320 e. The number of rotatable bonds is 3.